The second-order valence-corrected chi connectivity index (χ2v) is 5.57. The monoisotopic (exact) mass is 289 g/mol. The van der Waals surface area contributed by atoms with E-state index in [0.29, 0.717) is 12.1 Å². The molecule has 4 heteroatoms. The summed E-state index contributed by atoms with van der Waals surface area (Å²) >= 11 is 0. The van der Waals surface area contributed by atoms with E-state index in [1.807, 2.05) is 7.05 Å². The summed E-state index contributed by atoms with van der Waals surface area (Å²) in [6, 6.07) is 8.80. The Hall–Kier alpha value is -1.39. The summed E-state index contributed by atoms with van der Waals surface area (Å²) in [6.45, 7) is 5.26. The third kappa shape index (κ3) is 3.83. The zero-order valence-electron chi connectivity index (χ0n) is 13.6. The highest BCUT2D eigenvalue weighted by Gasteiger charge is 2.15. The Labute approximate surface area is 127 Å². The fourth-order valence-corrected chi connectivity index (χ4v) is 2.76. The lowest BCUT2D eigenvalue weighted by Gasteiger charge is -2.18. The SMILES string of the molecule is CCn1c(CC(CCC(C)OC)NC)nc2ccccc21. The van der Waals surface area contributed by atoms with Gasteiger partial charge in [-0.2, -0.15) is 0 Å². The molecular formula is C17H27N3O. The molecule has 21 heavy (non-hydrogen) atoms. The molecule has 4 nitrogen and oxygen atoms in total. The van der Waals surface area contributed by atoms with Gasteiger partial charge in [0.1, 0.15) is 5.82 Å². The maximum atomic E-state index is 5.34. The van der Waals surface area contributed by atoms with Crippen LogP contribution >= 0.6 is 0 Å². The van der Waals surface area contributed by atoms with E-state index in [2.05, 4.69) is 48.0 Å². The first-order valence-electron chi connectivity index (χ1n) is 7.83. The van der Waals surface area contributed by atoms with Gasteiger partial charge in [-0.25, -0.2) is 4.98 Å². The molecule has 0 aliphatic carbocycles. The lowest BCUT2D eigenvalue weighted by atomic mass is 10.1. The average Bonchev–Trinajstić information content (AvgIpc) is 2.87. The number of nitrogens with one attached hydrogen (secondary N) is 1. The van der Waals surface area contributed by atoms with Crippen molar-refractivity contribution in [3.05, 3.63) is 30.1 Å². The predicted octanol–water partition coefficient (Wildman–Crippen LogP) is 3.00. The van der Waals surface area contributed by atoms with Crippen molar-refractivity contribution in [3.8, 4) is 0 Å². The molecule has 1 heterocycles. The summed E-state index contributed by atoms with van der Waals surface area (Å²) in [7, 11) is 3.80. The third-order valence-electron chi connectivity index (χ3n) is 4.21. The highest BCUT2D eigenvalue weighted by Crippen LogP contribution is 2.18. The molecule has 0 radical (unpaired) electrons. The van der Waals surface area contributed by atoms with E-state index in [4.69, 9.17) is 9.72 Å². The molecule has 1 aromatic carbocycles. The fourth-order valence-electron chi connectivity index (χ4n) is 2.76. The largest absolute Gasteiger partial charge is 0.382 e. The summed E-state index contributed by atoms with van der Waals surface area (Å²) < 4.78 is 7.66. The van der Waals surface area contributed by atoms with Gasteiger partial charge < -0.3 is 14.6 Å². The summed E-state index contributed by atoms with van der Waals surface area (Å²) in [6.07, 6.45) is 3.42. The zero-order chi connectivity index (χ0) is 15.2. The van der Waals surface area contributed by atoms with Crippen molar-refractivity contribution in [2.75, 3.05) is 14.2 Å². The minimum Gasteiger partial charge on any atom is -0.382 e. The summed E-state index contributed by atoms with van der Waals surface area (Å²) in [5, 5.41) is 3.42. The zero-order valence-corrected chi connectivity index (χ0v) is 13.6. The van der Waals surface area contributed by atoms with Crippen molar-refractivity contribution in [2.45, 2.75) is 51.8 Å². The average molecular weight is 289 g/mol. The van der Waals surface area contributed by atoms with E-state index >= 15 is 0 Å². The topological polar surface area (TPSA) is 39.1 Å². The molecule has 2 rings (SSSR count). The number of aromatic nitrogens is 2. The van der Waals surface area contributed by atoms with E-state index < -0.39 is 0 Å². The number of methoxy groups -OCH3 is 1. The third-order valence-corrected chi connectivity index (χ3v) is 4.21. The molecule has 0 aliphatic rings. The molecule has 1 aromatic heterocycles. The highest BCUT2D eigenvalue weighted by atomic mass is 16.5. The van der Waals surface area contributed by atoms with Crippen molar-refractivity contribution in [1.82, 2.24) is 14.9 Å². The number of hydrogen-bond donors (Lipinski definition) is 1. The second-order valence-electron chi connectivity index (χ2n) is 5.57. The molecule has 116 valence electrons. The molecular weight excluding hydrogens is 262 g/mol. The molecule has 2 unspecified atom stereocenters. The van der Waals surface area contributed by atoms with Gasteiger partial charge in [-0.05, 0) is 45.9 Å². The normalized spacial score (nSPS) is 14.5. The number of benzene rings is 1. The van der Waals surface area contributed by atoms with Crippen LogP contribution in [0.3, 0.4) is 0 Å². The maximum absolute atomic E-state index is 5.34. The van der Waals surface area contributed by atoms with Crippen LogP contribution in [-0.2, 0) is 17.7 Å². The van der Waals surface area contributed by atoms with Crippen molar-refractivity contribution >= 4 is 11.0 Å². The highest BCUT2D eigenvalue weighted by molar-refractivity contribution is 5.75. The van der Waals surface area contributed by atoms with Gasteiger partial charge in [-0.3, -0.25) is 0 Å². The van der Waals surface area contributed by atoms with Crippen LogP contribution in [0.1, 0.15) is 32.5 Å². The molecule has 0 aliphatic heterocycles. The smallest absolute Gasteiger partial charge is 0.111 e. The van der Waals surface area contributed by atoms with Crippen LogP contribution in [0.2, 0.25) is 0 Å². The summed E-state index contributed by atoms with van der Waals surface area (Å²) in [4.78, 5) is 4.81. The van der Waals surface area contributed by atoms with Crippen molar-refractivity contribution in [1.29, 1.82) is 0 Å². The van der Waals surface area contributed by atoms with Crippen LogP contribution in [0.4, 0.5) is 0 Å². The minimum atomic E-state index is 0.311. The van der Waals surface area contributed by atoms with E-state index in [1.54, 1.807) is 7.11 Å². The van der Waals surface area contributed by atoms with Crippen molar-refractivity contribution in [2.24, 2.45) is 0 Å². The number of rotatable bonds is 8. The first-order chi connectivity index (χ1) is 10.2. The van der Waals surface area contributed by atoms with Crippen LogP contribution in [0.25, 0.3) is 11.0 Å². The lowest BCUT2D eigenvalue weighted by Crippen LogP contribution is -2.30. The van der Waals surface area contributed by atoms with Gasteiger partial charge in [0.2, 0.25) is 0 Å². The number of nitrogens with zero attached hydrogens (tertiary/aromatic N) is 2. The van der Waals surface area contributed by atoms with Crippen LogP contribution in [-0.4, -0.2) is 35.9 Å². The van der Waals surface area contributed by atoms with E-state index in [0.717, 1.165) is 31.3 Å². The van der Waals surface area contributed by atoms with Crippen LogP contribution < -0.4 is 5.32 Å². The lowest BCUT2D eigenvalue weighted by molar-refractivity contribution is 0.106. The number of likely N-dealkylation sites (N-methyl/N-ethyl adjacent to an activating group) is 1. The number of fused-ring (bicyclic) bond motifs is 1. The van der Waals surface area contributed by atoms with Gasteiger partial charge >= 0.3 is 0 Å². The Balaban J connectivity index is 2.13. The Morgan fingerprint density at radius 1 is 1.29 bits per heavy atom. The predicted molar refractivity (Wildman–Crippen MR) is 87.7 cm³/mol. The molecule has 0 amide bonds. The minimum absolute atomic E-state index is 0.311. The van der Waals surface area contributed by atoms with Crippen molar-refractivity contribution < 1.29 is 4.74 Å². The summed E-state index contributed by atoms with van der Waals surface area (Å²) in [5.74, 6) is 1.17. The second kappa shape index (κ2) is 7.57. The number of aryl methyl sites for hydroxylation is 1. The molecule has 1 N–H and O–H groups in total. The Morgan fingerprint density at radius 2 is 2.05 bits per heavy atom. The standard InChI is InChI=1S/C17H27N3O/c1-5-20-16-9-7-6-8-15(16)19-17(20)12-14(18-3)11-10-13(2)21-4/h6-9,13-14,18H,5,10-12H2,1-4H3. The number of hydrogen-bond acceptors (Lipinski definition) is 3. The van der Waals surface area contributed by atoms with Gasteiger partial charge in [0.05, 0.1) is 17.1 Å². The maximum Gasteiger partial charge on any atom is 0.111 e. The van der Waals surface area contributed by atoms with E-state index in [9.17, 15) is 0 Å². The van der Waals surface area contributed by atoms with Gasteiger partial charge in [0, 0.05) is 26.1 Å². The van der Waals surface area contributed by atoms with Gasteiger partial charge in [-0.1, -0.05) is 12.1 Å². The first kappa shape index (κ1) is 16.0. The summed E-state index contributed by atoms with van der Waals surface area (Å²) in [5.41, 5.74) is 2.32. The van der Waals surface area contributed by atoms with E-state index in [-0.39, 0.29) is 0 Å². The van der Waals surface area contributed by atoms with Crippen molar-refractivity contribution in [3.63, 3.8) is 0 Å². The fraction of sp³-hybridized carbons (Fsp3) is 0.588. The first-order valence-corrected chi connectivity index (χ1v) is 7.83. The quantitative estimate of drug-likeness (QED) is 0.812. The molecule has 0 bridgehead atoms. The van der Waals surface area contributed by atoms with Gasteiger partial charge in [0.25, 0.3) is 0 Å². The Kier molecular flexibility index (Phi) is 5.76. The van der Waals surface area contributed by atoms with E-state index in [1.165, 1.54) is 11.3 Å². The Bertz CT molecular complexity index is 564. The molecule has 0 spiro atoms. The molecule has 2 aromatic rings. The number of para-hydroxylation sites is 2. The molecule has 2 atom stereocenters. The van der Waals surface area contributed by atoms with Crippen LogP contribution in [0.15, 0.2) is 24.3 Å². The Morgan fingerprint density at radius 3 is 2.71 bits per heavy atom. The van der Waals surface area contributed by atoms with Crippen LogP contribution in [0.5, 0.6) is 0 Å². The molecule has 0 saturated heterocycles. The number of ether oxygens (including phenoxy) is 1. The molecule has 0 fully saturated rings. The molecule has 0 saturated carbocycles. The number of imidazole rings is 1. The van der Waals surface area contributed by atoms with Gasteiger partial charge in [-0.15, -0.1) is 0 Å². The van der Waals surface area contributed by atoms with Crippen LogP contribution in [0, 0.1) is 0 Å². The van der Waals surface area contributed by atoms with Gasteiger partial charge in [0.15, 0.2) is 0 Å².